The fourth-order valence-electron chi connectivity index (χ4n) is 1.30. The summed E-state index contributed by atoms with van der Waals surface area (Å²) >= 11 is 0. The summed E-state index contributed by atoms with van der Waals surface area (Å²) < 4.78 is 13.3. The SMILES string of the molecule is CCCCc1cc(N)c(C)cc1F. The number of hydrogen-bond acceptors (Lipinski definition) is 1. The number of rotatable bonds is 3. The number of nitrogen functional groups attached to an aromatic ring is 1. The molecule has 0 fully saturated rings. The molecule has 0 amide bonds. The molecule has 0 spiro atoms. The van der Waals surface area contributed by atoms with Gasteiger partial charge in [0.1, 0.15) is 5.82 Å². The van der Waals surface area contributed by atoms with Crippen LogP contribution in [0.1, 0.15) is 30.9 Å². The fraction of sp³-hybridized carbons (Fsp3) is 0.455. The molecular weight excluding hydrogens is 165 g/mol. The molecular formula is C11H16FN. The van der Waals surface area contributed by atoms with Crippen LogP contribution in [0.5, 0.6) is 0 Å². The molecule has 0 bridgehead atoms. The fourth-order valence-corrected chi connectivity index (χ4v) is 1.30. The topological polar surface area (TPSA) is 26.0 Å². The van der Waals surface area contributed by atoms with Crippen LogP contribution in [0.15, 0.2) is 12.1 Å². The number of hydrogen-bond donors (Lipinski definition) is 1. The highest BCUT2D eigenvalue weighted by Crippen LogP contribution is 2.18. The highest BCUT2D eigenvalue weighted by atomic mass is 19.1. The maximum Gasteiger partial charge on any atom is 0.126 e. The maximum absolute atomic E-state index is 13.3. The predicted molar refractivity (Wildman–Crippen MR) is 54.2 cm³/mol. The lowest BCUT2D eigenvalue weighted by atomic mass is 10.0. The van der Waals surface area contributed by atoms with Gasteiger partial charge < -0.3 is 5.73 Å². The minimum atomic E-state index is -0.125. The first-order valence-electron chi connectivity index (χ1n) is 4.69. The van der Waals surface area contributed by atoms with Gasteiger partial charge in [0, 0.05) is 5.69 Å². The molecule has 1 nitrogen and oxygen atoms in total. The molecule has 0 heterocycles. The van der Waals surface area contributed by atoms with Crippen molar-refractivity contribution in [3.05, 3.63) is 29.1 Å². The van der Waals surface area contributed by atoms with E-state index in [-0.39, 0.29) is 5.82 Å². The second kappa shape index (κ2) is 4.26. The van der Waals surface area contributed by atoms with E-state index in [0.29, 0.717) is 5.69 Å². The molecule has 0 atom stereocenters. The normalized spacial score (nSPS) is 10.4. The minimum absolute atomic E-state index is 0.125. The smallest absolute Gasteiger partial charge is 0.126 e. The average Bonchev–Trinajstić information content (AvgIpc) is 2.09. The Hall–Kier alpha value is -1.05. The Morgan fingerprint density at radius 2 is 2.08 bits per heavy atom. The van der Waals surface area contributed by atoms with Crippen LogP contribution < -0.4 is 5.73 Å². The van der Waals surface area contributed by atoms with Crippen LogP contribution in [0.25, 0.3) is 0 Å². The predicted octanol–water partition coefficient (Wildman–Crippen LogP) is 3.06. The molecule has 0 radical (unpaired) electrons. The molecule has 0 saturated carbocycles. The van der Waals surface area contributed by atoms with E-state index in [9.17, 15) is 4.39 Å². The number of aryl methyl sites for hydroxylation is 2. The van der Waals surface area contributed by atoms with Crippen LogP contribution in [0.3, 0.4) is 0 Å². The van der Waals surface area contributed by atoms with Crippen molar-refractivity contribution in [1.29, 1.82) is 0 Å². The Morgan fingerprint density at radius 1 is 1.38 bits per heavy atom. The van der Waals surface area contributed by atoms with Crippen LogP contribution in [-0.2, 0) is 6.42 Å². The van der Waals surface area contributed by atoms with Gasteiger partial charge in [0.2, 0.25) is 0 Å². The van der Waals surface area contributed by atoms with E-state index in [1.807, 2.05) is 6.92 Å². The van der Waals surface area contributed by atoms with Gasteiger partial charge in [0.25, 0.3) is 0 Å². The molecule has 0 saturated heterocycles. The number of unbranched alkanes of at least 4 members (excludes halogenated alkanes) is 1. The van der Waals surface area contributed by atoms with Crippen LogP contribution in [0.4, 0.5) is 10.1 Å². The molecule has 0 aliphatic carbocycles. The lowest BCUT2D eigenvalue weighted by Gasteiger charge is -2.06. The molecule has 0 aliphatic heterocycles. The van der Waals surface area contributed by atoms with Crippen LogP contribution in [-0.4, -0.2) is 0 Å². The van der Waals surface area contributed by atoms with Crippen LogP contribution >= 0.6 is 0 Å². The van der Waals surface area contributed by atoms with Crippen molar-refractivity contribution in [2.75, 3.05) is 5.73 Å². The molecule has 0 aromatic heterocycles. The first kappa shape index (κ1) is 10.0. The molecule has 0 unspecified atom stereocenters. The number of nitrogens with two attached hydrogens (primary N) is 1. The van der Waals surface area contributed by atoms with Gasteiger partial charge in [-0.15, -0.1) is 0 Å². The summed E-state index contributed by atoms with van der Waals surface area (Å²) in [6, 6.07) is 3.26. The summed E-state index contributed by atoms with van der Waals surface area (Å²) in [6.07, 6.45) is 2.87. The van der Waals surface area contributed by atoms with E-state index >= 15 is 0 Å². The lowest BCUT2D eigenvalue weighted by molar-refractivity contribution is 0.602. The zero-order valence-corrected chi connectivity index (χ0v) is 8.23. The minimum Gasteiger partial charge on any atom is -0.399 e. The first-order chi connectivity index (χ1) is 6.15. The molecule has 2 N–H and O–H groups in total. The third-order valence-corrected chi connectivity index (χ3v) is 2.23. The summed E-state index contributed by atoms with van der Waals surface area (Å²) in [5.41, 5.74) is 7.94. The van der Waals surface area contributed by atoms with Crippen molar-refractivity contribution in [2.45, 2.75) is 33.1 Å². The molecule has 1 aromatic carbocycles. The molecule has 72 valence electrons. The summed E-state index contributed by atoms with van der Waals surface area (Å²) in [6.45, 7) is 3.91. The Morgan fingerprint density at radius 3 is 2.69 bits per heavy atom. The van der Waals surface area contributed by atoms with Gasteiger partial charge >= 0.3 is 0 Å². The third kappa shape index (κ3) is 2.44. The lowest BCUT2D eigenvalue weighted by Crippen LogP contribution is -1.96. The maximum atomic E-state index is 13.3. The van der Waals surface area contributed by atoms with Crippen molar-refractivity contribution in [3.8, 4) is 0 Å². The van der Waals surface area contributed by atoms with Crippen molar-refractivity contribution in [2.24, 2.45) is 0 Å². The van der Waals surface area contributed by atoms with E-state index in [1.54, 1.807) is 6.07 Å². The molecule has 13 heavy (non-hydrogen) atoms. The van der Waals surface area contributed by atoms with Gasteiger partial charge in [0.15, 0.2) is 0 Å². The number of halogens is 1. The van der Waals surface area contributed by atoms with E-state index in [1.165, 1.54) is 6.07 Å². The van der Waals surface area contributed by atoms with E-state index in [0.717, 1.165) is 30.4 Å². The zero-order chi connectivity index (χ0) is 9.84. The van der Waals surface area contributed by atoms with Gasteiger partial charge in [-0.1, -0.05) is 13.3 Å². The zero-order valence-electron chi connectivity index (χ0n) is 8.23. The van der Waals surface area contributed by atoms with Crippen molar-refractivity contribution < 1.29 is 4.39 Å². The second-order valence-corrected chi connectivity index (χ2v) is 3.40. The highest BCUT2D eigenvalue weighted by molar-refractivity contribution is 5.48. The van der Waals surface area contributed by atoms with Crippen LogP contribution in [0, 0.1) is 12.7 Å². The Bertz CT molecular complexity index is 294. The van der Waals surface area contributed by atoms with Gasteiger partial charge in [0.05, 0.1) is 0 Å². The van der Waals surface area contributed by atoms with Gasteiger partial charge in [-0.2, -0.15) is 0 Å². The number of benzene rings is 1. The average molecular weight is 181 g/mol. The van der Waals surface area contributed by atoms with Crippen LogP contribution in [0.2, 0.25) is 0 Å². The second-order valence-electron chi connectivity index (χ2n) is 3.40. The quantitative estimate of drug-likeness (QED) is 0.712. The Kier molecular flexibility index (Phi) is 3.29. The largest absolute Gasteiger partial charge is 0.399 e. The van der Waals surface area contributed by atoms with E-state index in [4.69, 9.17) is 5.73 Å². The van der Waals surface area contributed by atoms with E-state index in [2.05, 4.69) is 6.92 Å². The summed E-state index contributed by atoms with van der Waals surface area (Å²) in [7, 11) is 0. The van der Waals surface area contributed by atoms with Crippen molar-refractivity contribution in [3.63, 3.8) is 0 Å². The Labute approximate surface area is 78.8 Å². The summed E-state index contributed by atoms with van der Waals surface area (Å²) in [4.78, 5) is 0. The Balaban J connectivity index is 2.88. The molecule has 2 heteroatoms. The standard InChI is InChI=1S/C11H16FN/c1-3-4-5-9-7-11(13)8(2)6-10(9)12/h6-7H,3-5,13H2,1-2H3. The molecule has 1 aromatic rings. The van der Waals surface area contributed by atoms with Gasteiger partial charge in [-0.3, -0.25) is 0 Å². The van der Waals surface area contributed by atoms with E-state index < -0.39 is 0 Å². The molecule has 1 rings (SSSR count). The van der Waals surface area contributed by atoms with Gasteiger partial charge in [-0.25, -0.2) is 4.39 Å². The monoisotopic (exact) mass is 181 g/mol. The van der Waals surface area contributed by atoms with Crippen molar-refractivity contribution in [1.82, 2.24) is 0 Å². The summed E-state index contributed by atoms with van der Waals surface area (Å²) in [5.74, 6) is -0.125. The highest BCUT2D eigenvalue weighted by Gasteiger charge is 2.04. The van der Waals surface area contributed by atoms with Gasteiger partial charge in [-0.05, 0) is 43.0 Å². The third-order valence-electron chi connectivity index (χ3n) is 2.23. The number of anilines is 1. The molecule has 0 aliphatic rings. The van der Waals surface area contributed by atoms with Crippen molar-refractivity contribution >= 4 is 5.69 Å². The first-order valence-corrected chi connectivity index (χ1v) is 4.69. The summed E-state index contributed by atoms with van der Waals surface area (Å²) in [5, 5.41) is 0.